The standard InChI is InChI=1S/C21H18BrCl2NO2/c1-26-17-8-6-16(7-9-17)25-12-14-11-15(22)5-10-21(14)27-13-18-19(23)3-2-4-20(18)24/h2-11,25H,12-13H2,1H3. The Kier molecular flexibility index (Phi) is 6.89. The smallest absolute Gasteiger partial charge is 0.124 e. The van der Waals surface area contributed by atoms with Gasteiger partial charge in [0.1, 0.15) is 18.1 Å². The van der Waals surface area contributed by atoms with E-state index in [9.17, 15) is 0 Å². The lowest BCUT2D eigenvalue weighted by molar-refractivity contribution is 0.303. The van der Waals surface area contributed by atoms with Crippen LogP contribution >= 0.6 is 39.1 Å². The van der Waals surface area contributed by atoms with Gasteiger partial charge in [0.05, 0.1) is 7.11 Å². The van der Waals surface area contributed by atoms with E-state index in [1.54, 1.807) is 19.2 Å². The average molecular weight is 467 g/mol. The average Bonchev–Trinajstić information content (AvgIpc) is 2.67. The van der Waals surface area contributed by atoms with E-state index in [4.69, 9.17) is 32.7 Å². The number of hydrogen-bond acceptors (Lipinski definition) is 3. The van der Waals surface area contributed by atoms with Crippen molar-refractivity contribution in [2.45, 2.75) is 13.2 Å². The predicted molar refractivity (Wildman–Crippen MR) is 115 cm³/mol. The molecule has 0 bridgehead atoms. The molecule has 0 aromatic heterocycles. The summed E-state index contributed by atoms with van der Waals surface area (Å²) >= 11 is 16.0. The van der Waals surface area contributed by atoms with Crippen LogP contribution in [0.2, 0.25) is 10.0 Å². The molecule has 6 heteroatoms. The first kappa shape index (κ1) is 19.9. The molecule has 0 atom stereocenters. The number of rotatable bonds is 7. The minimum atomic E-state index is 0.301. The zero-order chi connectivity index (χ0) is 19.2. The van der Waals surface area contributed by atoms with Crippen LogP contribution in [0.3, 0.4) is 0 Å². The Bertz CT molecular complexity index is 896. The van der Waals surface area contributed by atoms with Crippen LogP contribution in [0.1, 0.15) is 11.1 Å². The van der Waals surface area contributed by atoms with Gasteiger partial charge in [-0.05, 0) is 54.6 Å². The van der Waals surface area contributed by atoms with E-state index >= 15 is 0 Å². The topological polar surface area (TPSA) is 30.5 Å². The summed E-state index contributed by atoms with van der Waals surface area (Å²) < 4.78 is 12.2. The Hall–Kier alpha value is -1.88. The van der Waals surface area contributed by atoms with E-state index in [1.807, 2.05) is 48.5 Å². The highest BCUT2D eigenvalue weighted by molar-refractivity contribution is 9.10. The van der Waals surface area contributed by atoms with Gasteiger partial charge in [-0.2, -0.15) is 0 Å². The maximum atomic E-state index is 6.23. The number of methoxy groups -OCH3 is 1. The van der Waals surface area contributed by atoms with E-state index in [1.165, 1.54) is 0 Å². The van der Waals surface area contributed by atoms with Crippen LogP contribution in [0.15, 0.2) is 65.1 Å². The van der Waals surface area contributed by atoms with E-state index in [0.29, 0.717) is 23.2 Å². The van der Waals surface area contributed by atoms with Crippen molar-refractivity contribution >= 4 is 44.8 Å². The van der Waals surface area contributed by atoms with Crippen molar-refractivity contribution in [1.82, 2.24) is 0 Å². The summed E-state index contributed by atoms with van der Waals surface area (Å²) in [6.45, 7) is 0.910. The molecule has 3 nitrogen and oxygen atoms in total. The van der Waals surface area contributed by atoms with E-state index < -0.39 is 0 Å². The van der Waals surface area contributed by atoms with Crippen molar-refractivity contribution in [3.63, 3.8) is 0 Å². The van der Waals surface area contributed by atoms with Crippen molar-refractivity contribution in [2.75, 3.05) is 12.4 Å². The van der Waals surface area contributed by atoms with Gasteiger partial charge in [0.2, 0.25) is 0 Å². The maximum Gasteiger partial charge on any atom is 0.124 e. The van der Waals surface area contributed by atoms with Crippen molar-refractivity contribution < 1.29 is 9.47 Å². The molecular weight excluding hydrogens is 449 g/mol. The monoisotopic (exact) mass is 465 g/mol. The first-order chi connectivity index (χ1) is 13.1. The molecule has 1 N–H and O–H groups in total. The minimum Gasteiger partial charge on any atom is -0.497 e. The van der Waals surface area contributed by atoms with E-state index in [-0.39, 0.29) is 0 Å². The first-order valence-electron chi connectivity index (χ1n) is 8.29. The molecule has 0 fully saturated rings. The lowest BCUT2D eigenvalue weighted by Gasteiger charge is -2.15. The molecule has 0 spiro atoms. The van der Waals surface area contributed by atoms with Crippen LogP contribution in [0.5, 0.6) is 11.5 Å². The van der Waals surface area contributed by atoms with Gasteiger partial charge < -0.3 is 14.8 Å². The highest BCUT2D eigenvalue weighted by Gasteiger charge is 2.09. The number of hydrogen-bond donors (Lipinski definition) is 1. The van der Waals surface area contributed by atoms with Gasteiger partial charge in [-0.1, -0.05) is 45.2 Å². The molecular formula is C21H18BrCl2NO2. The maximum absolute atomic E-state index is 6.23. The van der Waals surface area contributed by atoms with Gasteiger partial charge in [-0.3, -0.25) is 0 Å². The zero-order valence-electron chi connectivity index (χ0n) is 14.6. The summed E-state index contributed by atoms with van der Waals surface area (Å²) in [5.74, 6) is 1.60. The minimum absolute atomic E-state index is 0.301. The van der Waals surface area contributed by atoms with Crippen LogP contribution in [-0.2, 0) is 13.2 Å². The molecule has 0 amide bonds. The molecule has 0 saturated carbocycles. The Balaban J connectivity index is 1.72. The number of ether oxygens (including phenoxy) is 2. The second-order valence-electron chi connectivity index (χ2n) is 5.82. The fraction of sp³-hybridized carbons (Fsp3) is 0.143. The molecule has 0 saturated heterocycles. The number of benzene rings is 3. The van der Waals surface area contributed by atoms with Gasteiger partial charge in [0.25, 0.3) is 0 Å². The van der Waals surface area contributed by atoms with Crippen LogP contribution < -0.4 is 14.8 Å². The predicted octanol–water partition coefficient (Wildman–Crippen LogP) is 6.96. The van der Waals surface area contributed by atoms with Crippen LogP contribution in [0, 0.1) is 0 Å². The number of anilines is 1. The molecule has 0 heterocycles. The summed E-state index contributed by atoms with van der Waals surface area (Å²) in [4.78, 5) is 0. The van der Waals surface area contributed by atoms with Gasteiger partial charge in [0, 0.05) is 37.9 Å². The molecule has 0 aliphatic heterocycles. The summed E-state index contributed by atoms with van der Waals surface area (Å²) in [6, 6.07) is 19.1. The highest BCUT2D eigenvalue weighted by atomic mass is 79.9. The molecule has 0 aliphatic carbocycles. The quantitative estimate of drug-likeness (QED) is 0.408. The molecule has 27 heavy (non-hydrogen) atoms. The van der Waals surface area contributed by atoms with Crippen molar-refractivity contribution in [3.05, 3.63) is 86.3 Å². The van der Waals surface area contributed by atoms with Crippen LogP contribution in [0.25, 0.3) is 0 Å². The Labute approximate surface area is 177 Å². The summed E-state index contributed by atoms with van der Waals surface area (Å²) in [7, 11) is 1.65. The largest absolute Gasteiger partial charge is 0.497 e. The van der Waals surface area contributed by atoms with Gasteiger partial charge in [-0.25, -0.2) is 0 Å². The second-order valence-corrected chi connectivity index (χ2v) is 7.55. The fourth-order valence-electron chi connectivity index (χ4n) is 2.55. The lowest BCUT2D eigenvalue weighted by Crippen LogP contribution is -2.04. The van der Waals surface area contributed by atoms with Crippen LogP contribution in [-0.4, -0.2) is 7.11 Å². The summed E-state index contributed by atoms with van der Waals surface area (Å²) in [6.07, 6.45) is 0. The SMILES string of the molecule is COc1ccc(NCc2cc(Br)ccc2OCc2c(Cl)cccc2Cl)cc1. The third-order valence-electron chi connectivity index (χ3n) is 4.03. The Morgan fingerprint density at radius 2 is 1.67 bits per heavy atom. The van der Waals surface area contributed by atoms with Crippen molar-refractivity contribution in [2.24, 2.45) is 0 Å². The van der Waals surface area contributed by atoms with E-state index in [2.05, 4.69) is 21.2 Å². The summed E-state index contributed by atoms with van der Waals surface area (Å²) in [5, 5.41) is 4.58. The third kappa shape index (κ3) is 5.32. The van der Waals surface area contributed by atoms with Crippen LogP contribution in [0.4, 0.5) is 5.69 Å². The molecule has 0 radical (unpaired) electrons. The number of halogens is 3. The van der Waals surface area contributed by atoms with Gasteiger partial charge in [0.15, 0.2) is 0 Å². The third-order valence-corrected chi connectivity index (χ3v) is 5.23. The first-order valence-corrected chi connectivity index (χ1v) is 9.84. The second kappa shape index (κ2) is 9.36. The zero-order valence-corrected chi connectivity index (χ0v) is 17.7. The van der Waals surface area contributed by atoms with Gasteiger partial charge >= 0.3 is 0 Å². The fourth-order valence-corrected chi connectivity index (χ4v) is 3.47. The van der Waals surface area contributed by atoms with Gasteiger partial charge in [-0.15, -0.1) is 0 Å². The molecule has 3 aromatic rings. The molecule has 3 rings (SSSR count). The molecule has 3 aromatic carbocycles. The van der Waals surface area contributed by atoms with Crippen molar-refractivity contribution in [3.8, 4) is 11.5 Å². The number of nitrogens with one attached hydrogen (secondary N) is 1. The highest BCUT2D eigenvalue weighted by Crippen LogP contribution is 2.29. The molecule has 140 valence electrons. The molecule has 0 unspecified atom stereocenters. The lowest BCUT2D eigenvalue weighted by atomic mass is 10.2. The summed E-state index contributed by atoms with van der Waals surface area (Å²) in [5.41, 5.74) is 2.79. The Morgan fingerprint density at radius 3 is 2.33 bits per heavy atom. The van der Waals surface area contributed by atoms with Crippen molar-refractivity contribution in [1.29, 1.82) is 0 Å². The molecule has 0 aliphatic rings. The van der Waals surface area contributed by atoms with E-state index in [0.717, 1.165) is 32.8 Å². The normalized spacial score (nSPS) is 10.5. The Morgan fingerprint density at radius 1 is 0.963 bits per heavy atom.